The number of nitrogens with zero attached hydrogens (tertiary/aromatic N) is 1. The lowest BCUT2D eigenvalue weighted by atomic mass is 10.3. The maximum absolute atomic E-state index is 11.2. The third kappa shape index (κ3) is 7.48. The van der Waals surface area contributed by atoms with Gasteiger partial charge in [-0.15, -0.1) is 0 Å². The Morgan fingerprint density at radius 2 is 2.21 bits per heavy atom. The first-order valence-electron chi connectivity index (χ1n) is 4.41. The summed E-state index contributed by atoms with van der Waals surface area (Å²) in [5.74, 6) is -0.0437. The Kier molecular flexibility index (Phi) is 6.65. The molecule has 0 unspecified atom stereocenters. The van der Waals surface area contributed by atoms with Gasteiger partial charge in [-0.05, 0) is 25.6 Å². The SMILES string of the molecule is CCCNC(=O)CC(C)=NNC(N)=S. The van der Waals surface area contributed by atoms with Gasteiger partial charge in [0.2, 0.25) is 5.91 Å². The zero-order chi connectivity index (χ0) is 11.0. The maximum Gasteiger partial charge on any atom is 0.225 e. The van der Waals surface area contributed by atoms with Crippen LogP contribution in [0.25, 0.3) is 0 Å². The van der Waals surface area contributed by atoms with Crippen molar-refractivity contribution in [2.75, 3.05) is 6.54 Å². The van der Waals surface area contributed by atoms with Crippen molar-refractivity contribution in [1.82, 2.24) is 10.7 Å². The largest absolute Gasteiger partial charge is 0.375 e. The highest BCUT2D eigenvalue weighted by molar-refractivity contribution is 7.80. The Morgan fingerprint density at radius 1 is 1.57 bits per heavy atom. The molecule has 0 aromatic heterocycles. The van der Waals surface area contributed by atoms with Crippen molar-refractivity contribution in [3.63, 3.8) is 0 Å². The van der Waals surface area contributed by atoms with Gasteiger partial charge in [0.05, 0.1) is 6.42 Å². The van der Waals surface area contributed by atoms with E-state index in [1.165, 1.54) is 0 Å². The Bertz CT molecular complexity index is 239. The van der Waals surface area contributed by atoms with Gasteiger partial charge in [-0.25, -0.2) is 0 Å². The number of hydrogen-bond donors (Lipinski definition) is 3. The topological polar surface area (TPSA) is 79.5 Å². The van der Waals surface area contributed by atoms with Crippen LogP contribution in [-0.4, -0.2) is 23.3 Å². The number of amides is 1. The van der Waals surface area contributed by atoms with Crippen molar-refractivity contribution in [1.29, 1.82) is 0 Å². The summed E-state index contributed by atoms with van der Waals surface area (Å²) in [6.45, 7) is 4.42. The zero-order valence-corrected chi connectivity index (χ0v) is 9.28. The van der Waals surface area contributed by atoms with Crippen molar-refractivity contribution in [2.24, 2.45) is 10.8 Å². The average molecular weight is 216 g/mol. The molecule has 6 heteroatoms. The molecule has 0 heterocycles. The van der Waals surface area contributed by atoms with E-state index in [1.807, 2.05) is 6.92 Å². The smallest absolute Gasteiger partial charge is 0.225 e. The number of rotatable bonds is 5. The molecule has 0 aromatic rings. The van der Waals surface area contributed by atoms with Crippen molar-refractivity contribution in [3.05, 3.63) is 0 Å². The molecule has 0 rings (SSSR count). The third-order valence-electron chi connectivity index (χ3n) is 1.35. The Balaban J connectivity index is 3.80. The lowest BCUT2D eigenvalue weighted by molar-refractivity contribution is -0.119. The number of hydrazone groups is 1. The first-order valence-corrected chi connectivity index (χ1v) is 4.82. The van der Waals surface area contributed by atoms with E-state index in [0.717, 1.165) is 6.42 Å². The molecule has 14 heavy (non-hydrogen) atoms. The summed E-state index contributed by atoms with van der Waals surface area (Å²) in [6.07, 6.45) is 1.18. The number of carbonyl (C=O) groups excluding carboxylic acids is 1. The molecule has 0 bridgehead atoms. The van der Waals surface area contributed by atoms with Gasteiger partial charge >= 0.3 is 0 Å². The maximum atomic E-state index is 11.2. The van der Waals surface area contributed by atoms with E-state index in [4.69, 9.17) is 5.73 Å². The number of thiocarbonyl (C=S) groups is 1. The standard InChI is InChI=1S/C8H16N4OS/c1-3-4-10-7(13)5-6(2)11-12-8(9)14/h3-5H2,1-2H3,(H,10,13)(H3,9,12,14). The van der Waals surface area contributed by atoms with Crippen LogP contribution in [0.3, 0.4) is 0 Å². The minimum absolute atomic E-state index is 0.0437. The zero-order valence-electron chi connectivity index (χ0n) is 8.46. The van der Waals surface area contributed by atoms with Crippen LogP contribution in [-0.2, 0) is 4.79 Å². The summed E-state index contributed by atoms with van der Waals surface area (Å²) in [6, 6.07) is 0. The Labute approximate surface area is 89.1 Å². The summed E-state index contributed by atoms with van der Waals surface area (Å²) in [5, 5.41) is 6.65. The monoisotopic (exact) mass is 216 g/mol. The predicted octanol–water partition coefficient (Wildman–Crippen LogP) is 0.112. The third-order valence-corrected chi connectivity index (χ3v) is 1.44. The van der Waals surface area contributed by atoms with Gasteiger partial charge in [-0.1, -0.05) is 6.92 Å². The van der Waals surface area contributed by atoms with Gasteiger partial charge in [-0.3, -0.25) is 10.2 Å². The van der Waals surface area contributed by atoms with Crippen molar-refractivity contribution < 1.29 is 4.79 Å². The van der Waals surface area contributed by atoms with Crippen molar-refractivity contribution in [2.45, 2.75) is 26.7 Å². The minimum Gasteiger partial charge on any atom is -0.375 e. The summed E-state index contributed by atoms with van der Waals surface area (Å²) in [7, 11) is 0. The molecule has 4 N–H and O–H groups in total. The van der Waals surface area contributed by atoms with E-state index in [9.17, 15) is 4.79 Å². The highest BCUT2D eigenvalue weighted by Gasteiger charge is 2.01. The molecule has 0 aliphatic rings. The lowest BCUT2D eigenvalue weighted by Gasteiger charge is -2.03. The fourth-order valence-electron chi connectivity index (χ4n) is 0.749. The van der Waals surface area contributed by atoms with Gasteiger partial charge in [0.1, 0.15) is 0 Å². The molecule has 0 aromatic carbocycles. The number of carbonyl (C=O) groups is 1. The van der Waals surface area contributed by atoms with Gasteiger partial charge < -0.3 is 11.1 Å². The van der Waals surface area contributed by atoms with Crippen LogP contribution >= 0.6 is 12.2 Å². The molecule has 80 valence electrons. The molecule has 0 saturated carbocycles. The molecule has 0 aliphatic carbocycles. The quantitative estimate of drug-likeness (QED) is 0.346. The van der Waals surface area contributed by atoms with Gasteiger partial charge in [-0.2, -0.15) is 5.10 Å². The van der Waals surface area contributed by atoms with Crippen molar-refractivity contribution >= 4 is 28.9 Å². The van der Waals surface area contributed by atoms with E-state index < -0.39 is 0 Å². The molecule has 0 atom stereocenters. The van der Waals surface area contributed by atoms with E-state index in [0.29, 0.717) is 12.3 Å². The normalized spacial score (nSPS) is 10.9. The molecule has 0 spiro atoms. The minimum atomic E-state index is -0.0437. The summed E-state index contributed by atoms with van der Waals surface area (Å²) in [5.41, 5.74) is 8.23. The van der Waals surface area contributed by atoms with Crippen molar-refractivity contribution in [3.8, 4) is 0 Å². The second-order valence-corrected chi connectivity index (χ2v) is 3.29. The summed E-state index contributed by atoms with van der Waals surface area (Å²) >= 11 is 4.56. The fourth-order valence-corrected chi connectivity index (χ4v) is 0.795. The van der Waals surface area contributed by atoms with Crippen LogP contribution in [0.1, 0.15) is 26.7 Å². The number of nitrogens with two attached hydrogens (primary N) is 1. The highest BCUT2D eigenvalue weighted by Crippen LogP contribution is 1.85. The van der Waals surface area contributed by atoms with Crippen LogP contribution < -0.4 is 16.5 Å². The van der Waals surface area contributed by atoms with E-state index in [2.05, 4.69) is 28.1 Å². The van der Waals surface area contributed by atoms with Crippen LogP contribution in [0.2, 0.25) is 0 Å². The van der Waals surface area contributed by atoms with E-state index >= 15 is 0 Å². The van der Waals surface area contributed by atoms with E-state index in [1.54, 1.807) is 6.92 Å². The van der Waals surface area contributed by atoms with Gasteiger partial charge in [0.15, 0.2) is 5.11 Å². The summed E-state index contributed by atoms with van der Waals surface area (Å²) in [4.78, 5) is 11.2. The van der Waals surface area contributed by atoms with Crippen LogP contribution in [0.5, 0.6) is 0 Å². The first-order chi connectivity index (χ1) is 6.56. The van der Waals surface area contributed by atoms with Crippen LogP contribution in [0, 0.1) is 0 Å². The lowest BCUT2D eigenvalue weighted by Crippen LogP contribution is -2.28. The molecule has 1 amide bonds. The Hall–Kier alpha value is -1.17. The molecular weight excluding hydrogens is 200 g/mol. The first kappa shape index (κ1) is 12.8. The van der Waals surface area contributed by atoms with E-state index in [-0.39, 0.29) is 17.4 Å². The molecule has 5 nitrogen and oxygen atoms in total. The molecule has 0 fully saturated rings. The second-order valence-electron chi connectivity index (χ2n) is 2.85. The Morgan fingerprint density at radius 3 is 2.71 bits per heavy atom. The highest BCUT2D eigenvalue weighted by atomic mass is 32.1. The molecule has 0 radical (unpaired) electrons. The molecular formula is C8H16N4OS. The second kappa shape index (κ2) is 7.25. The summed E-state index contributed by atoms with van der Waals surface area (Å²) < 4.78 is 0. The number of nitrogens with one attached hydrogen (secondary N) is 2. The fraction of sp³-hybridized carbons (Fsp3) is 0.625. The van der Waals surface area contributed by atoms with Crippen LogP contribution in [0.15, 0.2) is 5.10 Å². The predicted molar refractivity (Wildman–Crippen MR) is 60.9 cm³/mol. The van der Waals surface area contributed by atoms with Crippen LogP contribution in [0.4, 0.5) is 0 Å². The average Bonchev–Trinajstić information content (AvgIpc) is 2.11. The number of hydrogen-bond acceptors (Lipinski definition) is 3. The molecule has 0 saturated heterocycles. The van der Waals surface area contributed by atoms with Gasteiger partial charge in [0.25, 0.3) is 0 Å². The van der Waals surface area contributed by atoms with Gasteiger partial charge in [0, 0.05) is 12.3 Å². The molecule has 0 aliphatic heterocycles.